The second kappa shape index (κ2) is 9.41. The molecule has 0 unspecified atom stereocenters. The van der Waals surface area contributed by atoms with Crippen molar-refractivity contribution in [1.82, 2.24) is 4.90 Å². The number of hydrogen-bond donors (Lipinski definition) is 1. The van der Waals surface area contributed by atoms with E-state index in [0.29, 0.717) is 5.56 Å². The van der Waals surface area contributed by atoms with Gasteiger partial charge in [0.05, 0.1) is 5.56 Å². The summed E-state index contributed by atoms with van der Waals surface area (Å²) in [6.07, 6.45) is 0. The third kappa shape index (κ3) is 5.07. The van der Waals surface area contributed by atoms with Gasteiger partial charge in [0.1, 0.15) is 5.82 Å². The summed E-state index contributed by atoms with van der Waals surface area (Å²) in [5.41, 5.74) is 3.67. The first-order valence-electron chi connectivity index (χ1n) is 9.96. The molecule has 0 atom stereocenters. The van der Waals surface area contributed by atoms with Gasteiger partial charge in [0.25, 0.3) is 5.91 Å². The predicted molar refractivity (Wildman–Crippen MR) is 122 cm³/mol. The van der Waals surface area contributed by atoms with E-state index in [1.807, 2.05) is 54.6 Å². The molecule has 1 amide bonds. The summed E-state index contributed by atoms with van der Waals surface area (Å²) < 4.78 is 13.8. The van der Waals surface area contributed by atoms with E-state index < -0.39 is 0 Å². The minimum Gasteiger partial charge on any atom is -0.369 e. The van der Waals surface area contributed by atoms with Crippen molar-refractivity contribution < 1.29 is 9.18 Å². The van der Waals surface area contributed by atoms with E-state index in [1.165, 1.54) is 12.1 Å². The van der Waals surface area contributed by atoms with E-state index >= 15 is 0 Å². The Morgan fingerprint density at radius 3 is 2.23 bits per heavy atom. The third-order valence-corrected chi connectivity index (χ3v) is 5.99. The molecule has 1 aliphatic rings. The minimum atomic E-state index is -0.195. The summed E-state index contributed by atoms with van der Waals surface area (Å²) >= 11 is 3.41. The fourth-order valence-corrected chi connectivity index (χ4v) is 4.08. The highest BCUT2D eigenvalue weighted by Gasteiger charge is 2.17. The first-order chi connectivity index (χ1) is 14.6. The number of benzene rings is 3. The van der Waals surface area contributed by atoms with Crippen molar-refractivity contribution >= 4 is 33.2 Å². The van der Waals surface area contributed by atoms with Crippen LogP contribution in [0.4, 0.5) is 15.8 Å². The average molecular weight is 468 g/mol. The molecule has 1 aliphatic heterocycles. The van der Waals surface area contributed by atoms with Crippen LogP contribution < -0.4 is 10.2 Å². The number of carbonyl (C=O) groups is 1. The van der Waals surface area contributed by atoms with Gasteiger partial charge in [-0.05, 0) is 70.0 Å². The Labute approximate surface area is 184 Å². The topological polar surface area (TPSA) is 35.6 Å². The lowest BCUT2D eigenvalue weighted by atomic mass is 10.1. The molecule has 3 aromatic rings. The lowest BCUT2D eigenvalue weighted by Crippen LogP contribution is -2.45. The molecule has 0 aliphatic carbocycles. The number of halogens is 2. The Balaban J connectivity index is 1.31. The van der Waals surface area contributed by atoms with Crippen molar-refractivity contribution in [3.63, 3.8) is 0 Å². The van der Waals surface area contributed by atoms with E-state index in [1.54, 1.807) is 6.07 Å². The fourth-order valence-electron chi connectivity index (χ4n) is 3.61. The van der Waals surface area contributed by atoms with Gasteiger partial charge in [-0.1, -0.05) is 24.3 Å². The number of anilines is 2. The number of nitrogens with zero attached hydrogens (tertiary/aromatic N) is 2. The van der Waals surface area contributed by atoms with Crippen LogP contribution in [-0.2, 0) is 6.54 Å². The van der Waals surface area contributed by atoms with Crippen LogP contribution in [0.15, 0.2) is 77.3 Å². The molecule has 1 saturated heterocycles. The van der Waals surface area contributed by atoms with E-state index in [0.717, 1.165) is 54.1 Å². The maximum atomic E-state index is 13.1. The van der Waals surface area contributed by atoms with E-state index in [9.17, 15) is 9.18 Å². The summed E-state index contributed by atoms with van der Waals surface area (Å²) in [5, 5.41) is 2.95. The van der Waals surface area contributed by atoms with Crippen LogP contribution in [0.2, 0.25) is 0 Å². The molecule has 0 bridgehead atoms. The van der Waals surface area contributed by atoms with Gasteiger partial charge >= 0.3 is 0 Å². The Bertz CT molecular complexity index is 1000. The highest BCUT2D eigenvalue weighted by atomic mass is 79.9. The fraction of sp³-hybridized carbons (Fsp3) is 0.208. The zero-order chi connectivity index (χ0) is 20.9. The SMILES string of the molecule is O=C(Nc1ccc(N2CCN(Cc3ccc(F)cc3)CC2)cc1)c1ccccc1Br. The lowest BCUT2D eigenvalue weighted by molar-refractivity contribution is 0.102. The molecule has 6 heteroatoms. The Morgan fingerprint density at radius 1 is 0.900 bits per heavy atom. The predicted octanol–water partition coefficient (Wildman–Crippen LogP) is 5.16. The van der Waals surface area contributed by atoms with E-state index in [-0.39, 0.29) is 11.7 Å². The van der Waals surface area contributed by atoms with Crippen molar-refractivity contribution in [2.24, 2.45) is 0 Å². The molecule has 4 rings (SSSR count). The quantitative estimate of drug-likeness (QED) is 0.562. The molecule has 1 heterocycles. The van der Waals surface area contributed by atoms with Gasteiger partial charge in [-0.15, -0.1) is 0 Å². The molecule has 4 nitrogen and oxygen atoms in total. The van der Waals surface area contributed by atoms with Gasteiger partial charge in [-0.3, -0.25) is 9.69 Å². The van der Waals surface area contributed by atoms with Gasteiger partial charge in [-0.2, -0.15) is 0 Å². The molecular weight excluding hydrogens is 445 g/mol. The molecule has 0 saturated carbocycles. The van der Waals surface area contributed by atoms with Gasteiger partial charge < -0.3 is 10.2 Å². The number of nitrogens with one attached hydrogen (secondary N) is 1. The number of piperazine rings is 1. The monoisotopic (exact) mass is 467 g/mol. The molecule has 0 spiro atoms. The summed E-state index contributed by atoms with van der Waals surface area (Å²) in [6, 6.07) is 22.1. The summed E-state index contributed by atoms with van der Waals surface area (Å²) in [6.45, 7) is 4.62. The van der Waals surface area contributed by atoms with Crippen molar-refractivity contribution in [3.05, 3.63) is 94.2 Å². The van der Waals surface area contributed by atoms with Crippen LogP contribution in [0.25, 0.3) is 0 Å². The minimum absolute atomic E-state index is 0.135. The van der Waals surface area contributed by atoms with Crippen LogP contribution in [0.3, 0.4) is 0 Å². The Morgan fingerprint density at radius 2 is 1.57 bits per heavy atom. The molecule has 1 fully saturated rings. The van der Waals surface area contributed by atoms with Crippen LogP contribution >= 0.6 is 15.9 Å². The zero-order valence-electron chi connectivity index (χ0n) is 16.5. The van der Waals surface area contributed by atoms with Crippen LogP contribution in [0, 0.1) is 5.82 Å². The van der Waals surface area contributed by atoms with Crippen molar-refractivity contribution in [3.8, 4) is 0 Å². The normalized spacial score (nSPS) is 14.5. The molecular formula is C24H23BrFN3O. The average Bonchev–Trinajstić information content (AvgIpc) is 2.77. The molecule has 154 valence electrons. The van der Waals surface area contributed by atoms with E-state index in [2.05, 4.69) is 31.0 Å². The van der Waals surface area contributed by atoms with Crippen molar-refractivity contribution in [2.75, 3.05) is 36.4 Å². The van der Waals surface area contributed by atoms with Gasteiger partial charge in [0, 0.05) is 48.6 Å². The number of amides is 1. The molecule has 1 N–H and O–H groups in total. The smallest absolute Gasteiger partial charge is 0.256 e. The standard InChI is InChI=1S/C24H23BrFN3O/c25-23-4-2-1-3-22(23)24(30)27-20-9-11-21(12-10-20)29-15-13-28(14-16-29)17-18-5-7-19(26)8-6-18/h1-12H,13-17H2,(H,27,30). The number of hydrogen-bond acceptors (Lipinski definition) is 3. The van der Waals surface area contributed by atoms with Crippen LogP contribution in [0.5, 0.6) is 0 Å². The van der Waals surface area contributed by atoms with Crippen molar-refractivity contribution in [1.29, 1.82) is 0 Å². The maximum absolute atomic E-state index is 13.1. The van der Waals surface area contributed by atoms with Gasteiger partial charge in [0.2, 0.25) is 0 Å². The first-order valence-corrected chi connectivity index (χ1v) is 10.8. The molecule has 3 aromatic carbocycles. The highest BCUT2D eigenvalue weighted by Crippen LogP contribution is 2.22. The number of rotatable bonds is 5. The van der Waals surface area contributed by atoms with E-state index in [4.69, 9.17) is 0 Å². The van der Waals surface area contributed by atoms with Crippen LogP contribution in [0.1, 0.15) is 15.9 Å². The zero-order valence-corrected chi connectivity index (χ0v) is 18.1. The highest BCUT2D eigenvalue weighted by molar-refractivity contribution is 9.10. The summed E-state index contributed by atoms with van der Waals surface area (Å²) in [4.78, 5) is 17.2. The molecule has 30 heavy (non-hydrogen) atoms. The summed E-state index contributed by atoms with van der Waals surface area (Å²) in [5.74, 6) is -0.329. The maximum Gasteiger partial charge on any atom is 0.256 e. The second-order valence-corrected chi connectivity index (χ2v) is 8.22. The summed E-state index contributed by atoms with van der Waals surface area (Å²) in [7, 11) is 0. The van der Waals surface area contributed by atoms with Gasteiger partial charge in [0.15, 0.2) is 0 Å². The second-order valence-electron chi connectivity index (χ2n) is 7.37. The Hall–Kier alpha value is -2.70. The Kier molecular flexibility index (Phi) is 6.45. The molecule has 0 aromatic heterocycles. The van der Waals surface area contributed by atoms with Gasteiger partial charge in [-0.25, -0.2) is 4.39 Å². The lowest BCUT2D eigenvalue weighted by Gasteiger charge is -2.36. The first kappa shape index (κ1) is 20.6. The largest absolute Gasteiger partial charge is 0.369 e. The molecule has 0 radical (unpaired) electrons. The van der Waals surface area contributed by atoms with Crippen LogP contribution in [-0.4, -0.2) is 37.0 Å². The number of carbonyl (C=O) groups excluding carboxylic acids is 1. The van der Waals surface area contributed by atoms with Crippen molar-refractivity contribution in [2.45, 2.75) is 6.54 Å². The third-order valence-electron chi connectivity index (χ3n) is 5.30.